The van der Waals surface area contributed by atoms with Gasteiger partial charge in [-0.15, -0.1) is 0 Å². The van der Waals surface area contributed by atoms with Crippen LogP contribution in [0.4, 0.5) is 5.69 Å². The summed E-state index contributed by atoms with van der Waals surface area (Å²) < 4.78 is 23.0. The topological polar surface area (TPSA) is 108 Å². The van der Waals surface area contributed by atoms with Crippen molar-refractivity contribution in [2.75, 3.05) is 11.1 Å². The number of aromatic nitrogens is 1. The number of pyridine rings is 1. The van der Waals surface area contributed by atoms with Gasteiger partial charge in [-0.05, 0) is 29.8 Å². The fraction of sp³-hybridized carbons (Fsp3) is 0.130. The Morgan fingerprint density at radius 3 is 2.45 bits per heavy atom. The average molecular weight is 436 g/mol. The number of para-hydroxylation sites is 1. The quantitative estimate of drug-likeness (QED) is 0.552. The minimum absolute atomic E-state index is 0.0730. The molecule has 3 aromatic rings. The van der Waals surface area contributed by atoms with Crippen LogP contribution in [0.2, 0.25) is 0 Å². The summed E-state index contributed by atoms with van der Waals surface area (Å²) in [6.45, 7) is 0.625. The monoisotopic (exact) mass is 435 g/mol. The molecule has 2 heterocycles. The third kappa shape index (κ3) is 4.92. The highest BCUT2D eigenvalue weighted by Gasteiger charge is 2.24. The van der Waals surface area contributed by atoms with Crippen molar-refractivity contribution in [1.29, 1.82) is 0 Å². The minimum atomic E-state index is -3.29. The first-order chi connectivity index (χ1) is 14.9. The zero-order valence-corrected chi connectivity index (χ0v) is 17.4. The van der Waals surface area contributed by atoms with E-state index < -0.39 is 27.3 Å². The van der Waals surface area contributed by atoms with E-state index in [1.54, 1.807) is 6.07 Å². The number of nitrogens with one attached hydrogen (secondary N) is 3. The number of sulfone groups is 1. The molecule has 2 aromatic carbocycles. The van der Waals surface area contributed by atoms with Crippen molar-refractivity contribution >= 4 is 21.4 Å². The summed E-state index contributed by atoms with van der Waals surface area (Å²) in [7, 11) is -3.29. The maximum absolute atomic E-state index is 12.6. The van der Waals surface area contributed by atoms with E-state index in [1.165, 1.54) is 12.1 Å². The fourth-order valence-electron chi connectivity index (χ4n) is 3.39. The molecule has 0 saturated carbocycles. The zero-order valence-electron chi connectivity index (χ0n) is 16.5. The maximum Gasteiger partial charge on any atom is 0.261 e. The lowest BCUT2D eigenvalue weighted by atomic mass is 10.1. The van der Waals surface area contributed by atoms with Crippen LogP contribution in [0.15, 0.2) is 83.0 Å². The second-order valence-electron chi connectivity index (χ2n) is 7.24. The zero-order chi connectivity index (χ0) is 21.8. The van der Waals surface area contributed by atoms with E-state index in [0.29, 0.717) is 12.2 Å². The van der Waals surface area contributed by atoms with Gasteiger partial charge in [-0.3, -0.25) is 9.59 Å². The molecule has 0 unspecified atom stereocenters. The first-order valence-corrected chi connectivity index (χ1v) is 11.5. The number of rotatable bonds is 6. The molecule has 0 saturated heterocycles. The molecule has 31 heavy (non-hydrogen) atoms. The van der Waals surface area contributed by atoms with E-state index in [9.17, 15) is 18.0 Å². The van der Waals surface area contributed by atoms with Gasteiger partial charge in [0.25, 0.3) is 11.5 Å². The van der Waals surface area contributed by atoms with Crippen molar-refractivity contribution in [2.45, 2.75) is 12.6 Å². The molecule has 0 aliphatic carbocycles. The molecule has 1 aliphatic rings. The lowest BCUT2D eigenvalue weighted by Gasteiger charge is -2.13. The van der Waals surface area contributed by atoms with Crippen molar-refractivity contribution in [3.63, 3.8) is 0 Å². The Labute approximate surface area is 179 Å². The third-order valence-corrected chi connectivity index (χ3v) is 6.34. The highest BCUT2D eigenvalue weighted by Crippen LogP contribution is 2.26. The van der Waals surface area contributed by atoms with Crippen LogP contribution in [-0.2, 0) is 16.4 Å². The van der Waals surface area contributed by atoms with E-state index in [4.69, 9.17) is 0 Å². The van der Waals surface area contributed by atoms with Gasteiger partial charge in [0.05, 0.1) is 17.5 Å². The van der Waals surface area contributed by atoms with E-state index >= 15 is 0 Å². The molecule has 0 bridgehead atoms. The number of carbonyl (C=O) groups is 1. The number of H-pyrrole nitrogens is 1. The lowest BCUT2D eigenvalue weighted by molar-refractivity contribution is 0.0946. The number of amides is 1. The van der Waals surface area contributed by atoms with Crippen LogP contribution in [0.5, 0.6) is 0 Å². The fourth-order valence-corrected chi connectivity index (χ4v) is 4.62. The summed E-state index contributed by atoms with van der Waals surface area (Å²) in [4.78, 5) is 27.8. The molecule has 3 N–H and O–H groups in total. The van der Waals surface area contributed by atoms with Gasteiger partial charge >= 0.3 is 0 Å². The maximum atomic E-state index is 12.6. The summed E-state index contributed by atoms with van der Waals surface area (Å²) in [6.07, 6.45) is 1.41. The predicted octanol–water partition coefficient (Wildman–Crippen LogP) is 2.69. The lowest BCUT2D eigenvalue weighted by Crippen LogP contribution is -2.38. The molecular weight excluding hydrogens is 414 g/mol. The van der Waals surface area contributed by atoms with Gasteiger partial charge in [-0.2, -0.15) is 0 Å². The Morgan fingerprint density at radius 1 is 1.00 bits per heavy atom. The normalized spacial score (nSPS) is 16.7. The molecule has 1 amide bonds. The van der Waals surface area contributed by atoms with E-state index in [1.807, 2.05) is 54.6 Å². The second-order valence-corrected chi connectivity index (χ2v) is 9.17. The Morgan fingerprint density at radius 2 is 1.74 bits per heavy atom. The van der Waals surface area contributed by atoms with Gasteiger partial charge in [0.1, 0.15) is 5.56 Å². The van der Waals surface area contributed by atoms with Gasteiger partial charge in [0.2, 0.25) is 0 Å². The number of anilines is 1. The Bertz CT molecular complexity index is 1300. The minimum Gasteiger partial charge on any atom is -0.380 e. The molecule has 4 rings (SSSR count). The molecule has 7 nitrogen and oxygen atoms in total. The predicted molar refractivity (Wildman–Crippen MR) is 120 cm³/mol. The largest absolute Gasteiger partial charge is 0.380 e. The molecule has 0 spiro atoms. The van der Waals surface area contributed by atoms with Gasteiger partial charge in [-0.25, -0.2) is 8.42 Å². The SMILES string of the molecule is O=C(N[C@@H]1C=CS(=O)(=O)C1)c1ccc(-c2ccccc2NCc2ccccc2)[nH]c1=O. The molecule has 0 fully saturated rings. The van der Waals surface area contributed by atoms with Gasteiger partial charge in [0, 0.05) is 23.2 Å². The summed E-state index contributed by atoms with van der Waals surface area (Å²) in [5, 5.41) is 7.01. The first kappa shape index (κ1) is 20.6. The van der Waals surface area contributed by atoms with E-state index in [2.05, 4.69) is 15.6 Å². The molecular formula is C23H21N3O4S. The van der Waals surface area contributed by atoms with Crippen LogP contribution < -0.4 is 16.2 Å². The van der Waals surface area contributed by atoms with E-state index in [-0.39, 0.29) is 11.3 Å². The third-order valence-electron chi connectivity index (χ3n) is 4.94. The smallest absolute Gasteiger partial charge is 0.261 e. The molecule has 158 valence electrons. The first-order valence-electron chi connectivity index (χ1n) is 9.74. The van der Waals surface area contributed by atoms with Crippen LogP contribution in [-0.4, -0.2) is 31.1 Å². The highest BCUT2D eigenvalue weighted by atomic mass is 32.2. The van der Waals surface area contributed by atoms with Crippen LogP contribution in [0, 0.1) is 0 Å². The average Bonchev–Trinajstić information content (AvgIpc) is 3.11. The number of aromatic amines is 1. The Balaban J connectivity index is 1.52. The van der Waals surface area contributed by atoms with Crippen molar-refractivity contribution in [3.8, 4) is 11.3 Å². The highest BCUT2D eigenvalue weighted by molar-refractivity contribution is 7.94. The summed E-state index contributed by atoms with van der Waals surface area (Å²) >= 11 is 0. The van der Waals surface area contributed by atoms with E-state index in [0.717, 1.165) is 22.2 Å². The van der Waals surface area contributed by atoms with Crippen LogP contribution in [0.25, 0.3) is 11.3 Å². The Kier molecular flexibility index (Phi) is 5.73. The number of hydrogen-bond acceptors (Lipinski definition) is 5. The van der Waals surface area contributed by atoms with Gasteiger partial charge < -0.3 is 15.6 Å². The molecule has 1 atom stereocenters. The second kappa shape index (κ2) is 8.61. The molecule has 1 aromatic heterocycles. The summed E-state index contributed by atoms with van der Waals surface area (Å²) in [5.41, 5.74) is 2.73. The van der Waals surface area contributed by atoms with Crippen molar-refractivity contribution in [1.82, 2.24) is 10.3 Å². The Hall–Kier alpha value is -3.65. The number of benzene rings is 2. The van der Waals surface area contributed by atoms with Crippen LogP contribution >= 0.6 is 0 Å². The van der Waals surface area contributed by atoms with Crippen molar-refractivity contribution in [3.05, 3.63) is 99.7 Å². The van der Waals surface area contributed by atoms with Crippen LogP contribution in [0.1, 0.15) is 15.9 Å². The summed E-state index contributed by atoms with van der Waals surface area (Å²) in [6, 6.07) is 20.0. The van der Waals surface area contributed by atoms with Crippen molar-refractivity contribution < 1.29 is 13.2 Å². The van der Waals surface area contributed by atoms with Gasteiger partial charge in [0.15, 0.2) is 9.84 Å². The number of hydrogen-bond donors (Lipinski definition) is 3. The van der Waals surface area contributed by atoms with Gasteiger partial charge in [-0.1, -0.05) is 48.5 Å². The standard InChI is InChI=1S/C23H21N3O4S/c27-22(25-17-12-13-31(29,30)15-17)19-10-11-21(26-23(19)28)18-8-4-5-9-20(18)24-14-16-6-2-1-3-7-16/h1-13,17,24H,14-15H2,(H,25,27)(H,26,28)/t17-/m1/s1. The summed E-state index contributed by atoms with van der Waals surface area (Å²) in [5.74, 6) is -0.815. The molecule has 0 radical (unpaired) electrons. The number of carbonyl (C=O) groups excluding carboxylic acids is 1. The van der Waals surface area contributed by atoms with Crippen molar-refractivity contribution in [2.24, 2.45) is 0 Å². The molecule has 1 aliphatic heterocycles. The van der Waals surface area contributed by atoms with Crippen LogP contribution in [0.3, 0.4) is 0 Å². The molecule has 8 heteroatoms.